The number of para-hydroxylation sites is 2. The van der Waals surface area contributed by atoms with E-state index in [1.165, 1.54) is 18.9 Å². The third kappa shape index (κ3) is 4.41. The quantitative estimate of drug-likeness (QED) is 0.457. The maximum Gasteiger partial charge on any atom is 0.310 e. The van der Waals surface area contributed by atoms with Gasteiger partial charge in [0.05, 0.1) is 4.92 Å². The van der Waals surface area contributed by atoms with Crippen LogP contribution in [0.1, 0.15) is 25.7 Å². The van der Waals surface area contributed by atoms with Crippen LogP contribution in [0.3, 0.4) is 0 Å². The second kappa shape index (κ2) is 7.95. The van der Waals surface area contributed by atoms with Gasteiger partial charge in [0.25, 0.3) is 0 Å². The second-order valence-corrected chi connectivity index (χ2v) is 5.36. The van der Waals surface area contributed by atoms with Gasteiger partial charge >= 0.3 is 5.69 Å². The second-order valence-electron chi connectivity index (χ2n) is 5.36. The summed E-state index contributed by atoms with van der Waals surface area (Å²) in [5.74, 6) is 0.608. The SMILES string of the molecule is O=[N+]([O-])c1ccccc1OCCN[C@H]1CCCC[C@@H]1CO. The third-order valence-corrected chi connectivity index (χ3v) is 3.97. The average Bonchev–Trinajstić information content (AvgIpc) is 2.52. The van der Waals surface area contributed by atoms with Crippen molar-refractivity contribution >= 4 is 5.69 Å². The summed E-state index contributed by atoms with van der Waals surface area (Å²) < 4.78 is 5.49. The van der Waals surface area contributed by atoms with E-state index in [2.05, 4.69) is 5.32 Å². The predicted octanol–water partition coefficient (Wildman–Crippen LogP) is 2.11. The standard InChI is InChI=1S/C15H22N2O4/c18-11-12-5-1-2-6-13(12)16-9-10-21-15-8-4-3-7-14(15)17(19)20/h3-4,7-8,12-13,16,18H,1-2,5-6,9-11H2/t12-,13+/m1/s1. The van der Waals surface area contributed by atoms with Crippen LogP contribution in [0, 0.1) is 16.0 Å². The van der Waals surface area contributed by atoms with Crippen molar-refractivity contribution in [1.29, 1.82) is 0 Å². The van der Waals surface area contributed by atoms with Gasteiger partial charge in [0.1, 0.15) is 6.61 Å². The van der Waals surface area contributed by atoms with Crippen LogP contribution >= 0.6 is 0 Å². The van der Waals surface area contributed by atoms with E-state index in [0.717, 1.165) is 12.8 Å². The molecule has 0 saturated heterocycles. The van der Waals surface area contributed by atoms with Crippen LogP contribution in [-0.4, -0.2) is 35.8 Å². The fourth-order valence-electron chi connectivity index (χ4n) is 2.83. The lowest BCUT2D eigenvalue weighted by atomic mass is 9.85. The van der Waals surface area contributed by atoms with Gasteiger partial charge in [0.2, 0.25) is 0 Å². The molecule has 0 radical (unpaired) electrons. The zero-order chi connectivity index (χ0) is 15.1. The summed E-state index contributed by atoms with van der Waals surface area (Å²) in [5.41, 5.74) is -0.0107. The Hall–Kier alpha value is -1.66. The molecule has 1 saturated carbocycles. The molecule has 1 aliphatic carbocycles. The van der Waals surface area contributed by atoms with Gasteiger partial charge in [-0.3, -0.25) is 10.1 Å². The van der Waals surface area contributed by atoms with Gasteiger partial charge < -0.3 is 15.2 Å². The average molecular weight is 294 g/mol. The summed E-state index contributed by atoms with van der Waals surface area (Å²) in [6.07, 6.45) is 4.48. The zero-order valence-electron chi connectivity index (χ0n) is 12.0. The van der Waals surface area contributed by atoms with Crippen LogP contribution in [0.4, 0.5) is 5.69 Å². The molecule has 0 bridgehead atoms. The fourth-order valence-corrected chi connectivity index (χ4v) is 2.83. The van der Waals surface area contributed by atoms with Crippen LogP contribution < -0.4 is 10.1 Å². The molecular formula is C15H22N2O4. The van der Waals surface area contributed by atoms with Gasteiger partial charge in [-0.15, -0.1) is 0 Å². The molecule has 6 heteroatoms. The lowest BCUT2D eigenvalue weighted by Crippen LogP contribution is -2.41. The largest absolute Gasteiger partial charge is 0.485 e. The first-order chi connectivity index (χ1) is 10.2. The van der Waals surface area contributed by atoms with Gasteiger partial charge in [-0.2, -0.15) is 0 Å². The maximum atomic E-state index is 10.9. The van der Waals surface area contributed by atoms with Crippen LogP contribution in [0.25, 0.3) is 0 Å². The molecule has 0 heterocycles. The van der Waals surface area contributed by atoms with E-state index in [0.29, 0.717) is 30.9 Å². The van der Waals surface area contributed by atoms with E-state index in [1.54, 1.807) is 18.2 Å². The Morgan fingerprint density at radius 1 is 1.33 bits per heavy atom. The summed E-state index contributed by atoms with van der Waals surface area (Å²) in [7, 11) is 0. The Bertz CT molecular complexity index is 467. The van der Waals surface area contributed by atoms with E-state index in [9.17, 15) is 15.2 Å². The molecule has 1 aromatic rings. The molecule has 0 amide bonds. The lowest BCUT2D eigenvalue weighted by Gasteiger charge is -2.31. The highest BCUT2D eigenvalue weighted by Crippen LogP contribution is 2.26. The zero-order valence-corrected chi connectivity index (χ0v) is 12.0. The predicted molar refractivity (Wildman–Crippen MR) is 79.4 cm³/mol. The highest BCUT2D eigenvalue weighted by Gasteiger charge is 2.23. The molecule has 0 unspecified atom stereocenters. The normalized spacial score (nSPS) is 22.0. The van der Waals surface area contributed by atoms with Crippen molar-refractivity contribution in [3.05, 3.63) is 34.4 Å². The summed E-state index contributed by atoms with van der Waals surface area (Å²) in [4.78, 5) is 10.4. The molecule has 21 heavy (non-hydrogen) atoms. The van der Waals surface area contributed by atoms with Gasteiger partial charge in [-0.1, -0.05) is 25.0 Å². The van der Waals surface area contributed by atoms with Crippen molar-refractivity contribution < 1.29 is 14.8 Å². The molecule has 1 aromatic carbocycles. The van der Waals surface area contributed by atoms with Gasteiger partial charge in [-0.25, -0.2) is 0 Å². The third-order valence-electron chi connectivity index (χ3n) is 3.97. The molecule has 6 nitrogen and oxygen atoms in total. The number of ether oxygens (including phenoxy) is 1. The van der Waals surface area contributed by atoms with Gasteiger partial charge in [-0.05, 0) is 24.8 Å². The monoisotopic (exact) mass is 294 g/mol. The van der Waals surface area contributed by atoms with Crippen molar-refractivity contribution in [2.45, 2.75) is 31.7 Å². The molecule has 1 aliphatic rings. The molecule has 2 atom stereocenters. The number of aliphatic hydroxyl groups excluding tert-OH is 1. The maximum absolute atomic E-state index is 10.9. The van der Waals surface area contributed by atoms with Crippen molar-refractivity contribution in [1.82, 2.24) is 5.32 Å². The van der Waals surface area contributed by atoms with Crippen LogP contribution in [-0.2, 0) is 0 Å². The number of rotatable bonds is 7. The smallest absolute Gasteiger partial charge is 0.310 e. The van der Waals surface area contributed by atoms with Crippen LogP contribution in [0.5, 0.6) is 5.75 Å². The Labute approximate surface area is 124 Å². The highest BCUT2D eigenvalue weighted by molar-refractivity contribution is 5.45. The van der Waals surface area contributed by atoms with Crippen molar-refractivity contribution in [3.63, 3.8) is 0 Å². The Morgan fingerprint density at radius 3 is 2.86 bits per heavy atom. The summed E-state index contributed by atoms with van der Waals surface area (Å²) in [6.45, 7) is 1.20. The first-order valence-corrected chi connectivity index (χ1v) is 7.43. The van der Waals surface area contributed by atoms with E-state index in [1.807, 2.05) is 0 Å². The van der Waals surface area contributed by atoms with Crippen LogP contribution in [0.2, 0.25) is 0 Å². The Kier molecular flexibility index (Phi) is 5.95. The summed E-state index contributed by atoms with van der Waals surface area (Å²) in [5, 5.41) is 23.6. The molecule has 0 aliphatic heterocycles. The number of aliphatic hydroxyl groups is 1. The molecule has 0 spiro atoms. The first kappa shape index (κ1) is 15.7. The highest BCUT2D eigenvalue weighted by atomic mass is 16.6. The van der Waals surface area contributed by atoms with Crippen molar-refractivity contribution in [2.75, 3.05) is 19.8 Å². The minimum Gasteiger partial charge on any atom is -0.485 e. The molecule has 2 rings (SSSR count). The minimum atomic E-state index is -0.439. The number of hydrogen-bond donors (Lipinski definition) is 2. The number of nitro benzene ring substituents is 1. The van der Waals surface area contributed by atoms with E-state index in [-0.39, 0.29) is 12.3 Å². The summed E-state index contributed by atoms with van der Waals surface area (Å²) in [6, 6.07) is 6.70. The molecule has 0 aromatic heterocycles. The topological polar surface area (TPSA) is 84.6 Å². The van der Waals surface area contributed by atoms with E-state index < -0.39 is 4.92 Å². The summed E-state index contributed by atoms with van der Waals surface area (Å²) >= 11 is 0. The number of nitro groups is 1. The van der Waals surface area contributed by atoms with Crippen molar-refractivity contribution in [3.8, 4) is 5.75 Å². The number of benzene rings is 1. The molecule has 1 fully saturated rings. The number of nitrogens with zero attached hydrogens (tertiary/aromatic N) is 1. The van der Waals surface area contributed by atoms with Gasteiger partial charge in [0.15, 0.2) is 5.75 Å². The Morgan fingerprint density at radius 2 is 2.10 bits per heavy atom. The van der Waals surface area contributed by atoms with E-state index >= 15 is 0 Å². The Balaban J connectivity index is 1.78. The molecule has 116 valence electrons. The first-order valence-electron chi connectivity index (χ1n) is 7.43. The molecular weight excluding hydrogens is 272 g/mol. The number of hydrogen-bond acceptors (Lipinski definition) is 5. The van der Waals surface area contributed by atoms with Crippen LogP contribution in [0.15, 0.2) is 24.3 Å². The lowest BCUT2D eigenvalue weighted by molar-refractivity contribution is -0.385. The molecule has 2 N–H and O–H groups in total. The fraction of sp³-hybridized carbons (Fsp3) is 0.600. The number of nitrogens with one attached hydrogen (secondary N) is 1. The van der Waals surface area contributed by atoms with Crippen molar-refractivity contribution in [2.24, 2.45) is 5.92 Å². The van der Waals surface area contributed by atoms with Gasteiger partial charge in [0, 0.05) is 25.3 Å². The van der Waals surface area contributed by atoms with E-state index in [4.69, 9.17) is 4.74 Å². The minimum absolute atomic E-state index is 0.0107.